The highest BCUT2D eigenvalue weighted by molar-refractivity contribution is 8.17. The first-order chi connectivity index (χ1) is 9.75. The van der Waals surface area contributed by atoms with Gasteiger partial charge in [0.25, 0.3) is 0 Å². The summed E-state index contributed by atoms with van der Waals surface area (Å²) in [6, 6.07) is 3.73. The van der Waals surface area contributed by atoms with Crippen molar-refractivity contribution in [2.75, 3.05) is 11.5 Å². The molecule has 0 aliphatic carbocycles. The number of pyridine rings is 1. The van der Waals surface area contributed by atoms with Gasteiger partial charge < -0.3 is 9.84 Å². The van der Waals surface area contributed by atoms with E-state index in [0.29, 0.717) is 12.0 Å². The van der Waals surface area contributed by atoms with Crippen molar-refractivity contribution in [2.24, 2.45) is 0 Å². The van der Waals surface area contributed by atoms with Gasteiger partial charge in [-0.25, -0.2) is 4.79 Å². The van der Waals surface area contributed by atoms with E-state index >= 15 is 0 Å². The molecular weight excluding hydrogens is 294 g/mol. The van der Waals surface area contributed by atoms with Crippen molar-refractivity contribution in [3.63, 3.8) is 0 Å². The summed E-state index contributed by atoms with van der Waals surface area (Å²) in [5.41, 5.74) is 1.45. The minimum absolute atomic E-state index is 0.0127. The number of nitrogens with zero attached hydrogens (tertiary/aromatic N) is 1. The fourth-order valence-electron chi connectivity index (χ4n) is 2.27. The second-order valence-corrected chi connectivity index (χ2v) is 7.40. The van der Waals surface area contributed by atoms with Crippen molar-refractivity contribution in [2.45, 2.75) is 23.5 Å². The van der Waals surface area contributed by atoms with E-state index in [2.05, 4.69) is 4.98 Å². The third kappa shape index (κ3) is 2.81. The van der Waals surface area contributed by atoms with Gasteiger partial charge in [0.2, 0.25) is 0 Å². The standard InChI is InChI=1S/C14H15NO3S2/c16-12-10(8-9-2-4-15-5-3-9)18-13(17)11(12)14-19-6-1-7-20-14/h2-5,10,14,16H,1,6-8H2. The summed E-state index contributed by atoms with van der Waals surface area (Å²) in [6.45, 7) is 0. The fourth-order valence-corrected chi connectivity index (χ4v) is 5.23. The maximum atomic E-state index is 12.0. The lowest BCUT2D eigenvalue weighted by atomic mass is 10.1. The monoisotopic (exact) mass is 309 g/mol. The number of rotatable bonds is 3. The van der Waals surface area contributed by atoms with Crippen LogP contribution in [0.5, 0.6) is 0 Å². The molecule has 3 heterocycles. The average molecular weight is 309 g/mol. The van der Waals surface area contributed by atoms with Gasteiger partial charge in [0.1, 0.15) is 11.3 Å². The quantitative estimate of drug-likeness (QED) is 0.866. The molecule has 20 heavy (non-hydrogen) atoms. The zero-order chi connectivity index (χ0) is 13.9. The predicted octanol–water partition coefficient (Wildman–Crippen LogP) is 2.56. The van der Waals surface area contributed by atoms with Crippen molar-refractivity contribution in [3.8, 4) is 0 Å². The number of esters is 1. The Morgan fingerprint density at radius 3 is 2.70 bits per heavy atom. The van der Waals surface area contributed by atoms with E-state index in [-0.39, 0.29) is 16.3 Å². The molecule has 2 aliphatic heterocycles. The molecule has 1 atom stereocenters. The van der Waals surface area contributed by atoms with Crippen LogP contribution in [0, 0.1) is 0 Å². The van der Waals surface area contributed by atoms with Crippen molar-refractivity contribution in [1.82, 2.24) is 4.98 Å². The van der Waals surface area contributed by atoms with Gasteiger partial charge in [-0.2, -0.15) is 0 Å². The third-order valence-electron chi connectivity index (χ3n) is 3.28. The number of hydrogen-bond donors (Lipinski definition) is 1. The lowest BCUT2D eigenvalue weighted by Crippen LogP contribution is -2.15. The number of carbonyl (C=O) groups is 1. The van der Waals surface area contributed by atoms with Gasteiger partial charge in [0.15, 0.2) is 6.10 Å². The summed E-state index contributed by atoms with van der Waals surface area (Å²) in [5.74, 6) is 1.79. The summed E-state index contributed by atoms with van der Waals surface area (Å²) in [6.07, 6.45) is 4.48. The normalized spacial score (nSPS) is 24.0. The molecule has 1 saturated heterocycles. The number of aliphatic hydroxyl groups is 1. The molecule has 1 N–H and O–H groups in total. The van der Waals surface area contributed by atoms with Crippen molar-refractivity contribution in [3.05, 3.63) is 41.4 Å². The molecule has 3 rings (SSSR count). The lowest BCUT2D eigenvalue weighted by Gasteiger charge is -2.20. The van der Waals surface area contributed by atoms with Gasteiger partial charge in [-0.3, -0.25) is 4.98 Å². The summed E-state index contributed by atoms with van der Waals surface area (Å²) >= 11 is 3.42. The second kappa shape index (κ2) is 6.10. The SMILES string of the molecule is O=C1OC(Cc2ccncc2)C(O)=C1C1SCCCS1. The molecule has 1 aromatic rings. The molecule has 2 aliphatic rings. The van der Waals surface area contributed by atoms with Crippen LogP contribution in [0.3, 0.4) is 0 Å². The molecule has 0 amide bonds. The molecule has 106 valence electrons. The lowest BCUT2D eigenvalue weighted by molar-refractivity contribution is -0.140. The Labute approximate surface area is 126 Å². The highest BCUT2D eigenvalue weighted by Crippen LogP contribution is 2.40. The van der Waals surface area contributed by atoms with E-state index in [0.717, 1.165) is 23.5 Å². The number of ether oxygens (including phenoxy) is 1. The minimum atomic E-state index is -0.553. The first-order valence-electron chi connectivity index (χ1n) is 6.52. The molecule has 0 saturated carbocycles. The van der Waals surface area contributed by atoms with Crippen LogP contribution in [-0.2, 0) is 16.0 Å². The summed E-state index contributed by atoms with van der Waals surface area (Å²) in [4.78, 5) is 16.0. The van der Waals surface area contributed by atoms with E-state index in [1.54, 1.807) is 35.9 Å². The Hall–Kier alpha value is -1.14. The largest absolute Gasteiger partial charge is 0.508 e. The van der Waals surface area contributed by atoms with Crippen LogP contribution in [0.15, 0.2) is 35.9 Å². The van der Waals surface area contributed by atoms with E-state index in [9.17, 15) is 9.90 Å². The number of aliphatic hydroxyl groups excluding tert-OH is 1. The first kappa shape index (κ1) is 13.8. The van der Waals surface area contributed by atoms with E-state index in [1.165, 1.54) is 0 Å². The van der Waals surface area contributed by atoms with Crippen LogP contribution in [0.25, 0.3) is 0 Å². The smallest absolute Gasteiger partial charge is 0.340 e. The second-order valence-electron chi connectivity index (χ2n) is 4.68. The van der Waals surface area contributed by atoms with E-state index in [4.69, 9.17) is 4.74 Å². The Balaban J connectivity index is 1.77. The highest BCUT2D eigenvalue weighted by Gasteiger charge is 2.39. The Kier molecular flexibility index (Phi) is 4.21. The molecule has 6 heteroatoms. The van der Waals surface area contributed by atoms with Crippen LogP contribution in [0.1, 0.15) is 12.0 Å². The average Bonchev–Trinajstić information content (AvgIpc) is 2.75. The van der Waals surface area contributed by atoms with Gasteiger partial charge >= 0.3 is 5.97 Å². The number of cyclic esters (lactones) is 1. The van der Waals surface area contributed by atoms with Gasteiger partial charge in [-0.05, 0) is 35.6 Å². The van der Waals surface area contributed by atoms with E-state index in [1.807, 2.05) is 12.1 Å². The fraction of sp³-hybridized carbons (Fsp3) is 0.429. The third-order valence-corrected chi connectivity index (χ3v) is 6.23. The Morgan fingerprint density at radius 1 is 1.30 bits per heavy atom. The Bertz CT molecular complexity index is 526. The molecule has 0 bridgehead atoms. The van der Waals surface area contributed by atoms with Crippen molar-refractivity contribution >= 4 is 29.5 Å². The maximum Gasteiger partial charge on any atom is 0.340 e. The molecule has 0 spiro atoms. The molecule has 1 fully saturated rings. The van der Waals surface area contributed by atoms with Gasteiger partial charge in [-0.15, -0.1) is 23.5 Å². The Morgan fingerprint density at radius 2 is 2.00 bits per heavy atom. The predicted molar refractivity (Wildman–Crippen MR) is 80.8 cm³/mol. The molecular formula is C14H15NO3S2. The minimum Gasteiger partial charge on any atom is -0.508 e. The first-order valence-corrected chi connectivity index (χ1v) is 8.61. The van der Waals surface area contributed by atoms with Crippen LogP contribution >= 0.6 is 23.5 Å². The van der Waals surface area contributed by atoms with Crippen LogP contribution in [-0.4, -0.2) is 38.3 Å². The van der Waals surface area contributed by atoms with Crippen molar-refractivity contribution < 1.29 is 14.6 Å². The van der Waals surface area contributed by atoms with Crippen LogP contribution < -0.4 is 0 Å². The molecule has 4 nitrogen and oxygen atoms in total. The number of carbonyl (C=O) groups excluding carboxylic acids is 1. The molecule has 0 radical (unpaired) electrons. The van der Waals surface area contributed by atoms with Crippen molar-refractivity contribution in [1.29, 1.82) is 0 Å². The molecule has 1 unspecified atom stereocenters. The molecule has 1 aromatic heterocycles. The summed E-state index contributed by atoms with van der Waals surface area (Å²) < 4.78 is 5.35. The van der Waals surface area contributed by atoms with Gasteiger partial charge in [-0.1, -0.05) is 0 Å². The highest BCUT2D eigenvalue weighted by atomic mass is 32.2. The summed E-state index contributed by atoms with van der Waals surface area (Å²) in [5, 5.41) is 10.3. The molecule has 0 aromatic carbocycles. The van der Waals surface area contributed by atoms with Gasteiger partial charge in [0.05, 0.1) is 4.58 Å². The maximum absolute atomic E-state index is 12.0. The number of thioether (sulfide) groups is 2. The van der Waals surface area contributed by atoms with Crippen LogP contribution in [0.4, 0.5) is 0 Å². The number of aromatic nitrogens is 1. The zero-order valence-electron chi connectivity index (χ0n) is 10.8. The van der Waals surface area contributed by atoms with E-state index < -0.39 is 6.10 Å². The number of hydrogen-bond acceptors (Lipinski definition) is 6. The van der Waals surface area contributed by atoms with Crippen LogP contribution in [0.2, 0.25) is 0 Å². The summed E-state index contributed by atoms with van der Waals surface area (Å²) in [7, 11) is 0. The topological polar surface area (TPSA) is 59.4 Å². The van der Waals surface area contributed by atoms with Gasteiger partial charge in [0, 0.05) is 18.8 Å². The zero-order valence-corrected chi connectivity index (χ0v) is 12.5.